The van der Waals surface area contributed by atoms with Gasteiger partial charge in [0, 0.05) is 15.6 Å². The van der Waals surface area contributed by atoms with Gasteiger partial charge in [-0.15, -0.1) is 11.3 Å². The molecule has 0 saturated carbocycles. The zero-order valence-corrected chi connectivity index (χ0v) is 14.8. The van der Waals surface area contributed by atoms with E-state index in [2.05, 4.69) is 5.32 Å². The van der Waals surface area contributed by atoms with Crippen LogP contribution in [0.4, 0.5) is 5.69 Å². The van der Waals surface area contributed by atoms with E-state index in [9.17, 15) is 9.59 Å². The Morgan fingerprint density at radius 1 is 1.30 bits per heavy atom. The lowest BCUT2D eigenvalue weighted by Crippen LogP contribution is -2.29. The second-order valence-electron chi connectivity index (χ2n) is 5.11. The van der Waals surface area contributed by atoms with E-state index in [-0.39, 0.29) is 5.91 Å². The average Bonchev–Trinajstić information content (AvgIpc) is 2.90. The number of hydrogen-bond acceptors (Lipinski definition) is 4. The van der Waals surface area contributed by atoms with Crippen LogP contribution in [0.15, 0.2) is 30.3 Å². The number of rotatable bonds is 5. The maximum atomic E-state index is 12.1. The maximum absolute atomic E-state index is 12.1. The van der Waals surface area contributed by atoms with Crippen LogP contribution in [0.3, 0.4) is 0 Å². The van der Waals surface area contributed by atoms with Crippen molar-refractivity contribution in [3.63, 3.8) is 0 Å². The molecule has 0 spiro atoms. The molecule has 1 atom stereocenters. The smallest absolute Gasteiger partial charge is 0.349 e. The number of thiophene rings is 1. The lowest BCUT2D eigenvalue weighted by Gasteiger charge is -2.13. The van der Waals surface area contributed by atoms with Gasteiger partial charge in [-0.3, -0.25) is 4.79 Å². The highest BCUT2D eigenvalue weighted by Crippen LogP contribution is 2.23. The fourth-order valence-corrected chi connectivity index (χ4v) is 3.14. The summed E-state index contributed by atoms with van der Waals surface area (Å²) in [5.41, 5.74) is 1.67. The third kappa shape index (κ3) is 4.56. The van der Waals surface area contributed by atoms with E-state index >= 15 is 0 Å². The molecular weight excluding hydrogens is 334 g/mol. The van der Waals surface area contributed by atoms with Crippen LogP contribution in [0, 0.1) is 6.92 Å². The molecule has 1 heterocycles. The first-order valence-electron chi connectivity index (χ1n) is 7.27. The summed E-state index contributed by atoms with van der Waals surface area (Å²) < 4.78 is 5.24. The molecule has 6 heteroatoms. The van der Waals surface area contributed by atoms with Crippen molar-refractivity contribution in [3.05, 3.63) is 50.7 Å². The number of amides is 1. The highest BCUT2D eigenvalue weighted by molar-refractivity contribution is 7.14. The largest absolute Gasteiger partial charge is 0.448 e. The summed E-state index contributed by atoms with van der Waals surface area (Å²) in [4.78, 5) is 25.9. The first kappa shape index (κ1) is 17.5. The molecule has 0 unspecified atom stereocenters. The number of halogens is 1. The average molecular weight is 352 g/mol. The van der Waals surface area contributed by atoms with E-state index in [1.54, 1.807) is 37.3 Å². The highest BCUT2D eigenvalue weighted by atomic mass is 35.5. The molecule has 23 heavy (non-hydrogen) atoms. The van der Waals surface area contributed by atoms with Gasteiger partial charge in [0.25, 0.3) is 5.91 Å². The minimum atomic E-state index is -0.884. The van der Waals surface area contributed by atoms with E-state index in [0.29, 0.717) is 15.6 Å². The molecule has 2 aromatic rings. The van der Waals surface area contributed by atoms with Crippen molar-refractivity contribution in [1.29, 1.82) is 0 Å². The molecule has 4 nitrogen and oxygen atoms in total. The molecule has 2 rings (SSSR count). The summed E-state index contributed by atoms with van der Waals surface area (Å²) in [6, 6.07) is 8.52. The van der Waals surface area contributed by atoms with E-state index < -0.39 is 12.1 Å². The van der Waals surface area contributed by atoms with Crippen LogP contribution in [0.2, 0.25) is 5.02 Å². The zero-order chi connectivity index (χ0) is 17.0. The van der Waals surface area contributed by atoms with Gasteiger partial charge in [0.2, 0.25) is 0 Å². The standard InChI is InChI=1S/C17H18ClNO3S/c1-4-14-10(2)9-15(23-14)17(21)22-11(3)16(20)19-13-7-5-12(18)6-8-13/h5-9,11H,4H2,1-3H3,(H,19,20)/t11-/m0/s1. The monoisotopic (exact) mass is 351 g/mol. The molecule has 1 aromatic heterocycles. The number of carbonyl (C=O) groups excluding carboxylic acids is 2. The summed E-state index contributed by atoms with van der Waals surface area (Å²) in [6.45, 7) is 5.54. The van der Waals surface area contributed by atoms with Crippen molar-refractivity contribution in [2.45, 2.75) is 33.3 Å². The van der Waals surface area contributed by atoms with Crippen LogP contribution in [-0.2, 0) is 16.0 Å². The zero-order valence-electron chi connectivity index (χ0n) is 13.2. The highest BCUT2D eigenvalue weighted by Gasteiger charge is 2.21. The predicted molar refractivity (Wildman–Crippen MR) is 93.4 cm³/mol. The van der Waals surface area contributed by atoms with Gasteiger partial charge in [-0.05, 0) is 56.2 Å². The minimum absolute atomic E-state index is 0.385. The summed E-state index contributed by atoms with van der Waals surface area (Å²) >= 11 is 7.20. The van der Waals surface area contributed by atoms with Gasteiger partial charge >= 0.3 is 5.97 Å². The molecule has 1 amide bonds. The van der Waals surface area contributed by atoms with Crippen LogP contribution in [0.25, 0.3) is 0 Å². The Morgan fingerprint density at radius 3 is 2.52 bits per heavy atom. The van der Waals surface area contributed by atoms with Crippen molar-refractivity contribution in [1.82, 2.24) is 0 Å². The molecule has 1 aromatic carbocycles. The molecule has 0 aliphatic heterocycles. The van der Waals surface area contributed by atoms with Gasteiger partial charge in [0.05, 0.1) is 0 Å². The minimum Gasteiger partial charge on any atom is -0.448 e. The number of hydrogen-bond donors (Lipinski definition) is 1. The van der Waals surface area contributed by atoms with E-state index in [1.165, 1.54) is 11.3 Å². The van der Waals surface area contributed by atoms with Gasteiger partial charge in [-0.2, -0.15) is 0 Å². The molecule has 1 N–H and O–H groups in total. The quantitative estimate of drug-likeness (QED) is 0.809. The van der Waals surface area contributed by atoms with Crippen LogP contribution < -0.4 is 5.32 Å². The van der Waals surface area contributed by atoms with Crippen molar-refractivity contribution in [3.8, 4) is 0 Å². The Morgan fingerprint density at radius 2 is 1.96 bits per heavy atom. The van der Waals surface area contributed by atoms with Crippen LogP contribution >= 0.6 is 22.9 Å². The molecular formula is C17H18ClNO3S. The Balaban J connectivity index is 1.96. The Hall–Kier alpha value is -1.85. The first-order valence-corrected chi connectivity index (χ1v) is 8.47. The molecule has 0 bridgehead atoms. The van der Waals surface area contributed by atoms with Gasteiger partial charge < -0.3 is 10.1 Å². The van der Waals surface area contributed by atoms with Gasteiger partial charge in [-0.1, -0.05) is 18.5 Å². The predicted octanol–water partition coefficient (Wildman–Crippen LogP) is 4.46. The Bertz CT molecular complexity index is 709. The van der Waals surface area contributed by atoms with Crippen LogP contribution in [0.5, 0.6) is 0 Å². The molecule has 0 fully saturated rings. The van der Waals surface area contributed by atoms with Crippen LogP contribution in [0.1, 0.15) is 34.0 Å². The summed E-state index contributed by atoms with van der Waals surface area (Å²) in [5.74, 6) is -0.860. The number of ether oxygens (including phenoxy) is 1. The third-order valence-corrected chi connectivity index (χ3v) is 4.92. The molecule has 0 aliphatic carbocycles. The molecule has 0 saturated heterocycles. The Labute approximate surface area is 144 Å². The van der Waals surface area contributed by atoms with E-state index in [1.807, 2.05) is 13.8 Å². The van der Waals surface area contributed by atoms with Crippen molar-refractivity contribution in [2.75, 3.05) is 5.32 Å². The molecule has 122 valence electrons. The summed E-state index contributed by atoms with van der Waals surface area (Å²) in [7, 11) is 0. The maximum Gasteiger partial charge on any atom is 0.349 e. The molecule has 0 aliphatic rings. The van der Waals surface area contributed by atoms with Crippen molar-refractivity contribution < 1.29 is 14.3 Å². The second-order valence-corrected chi connectivity index (χ2v) is 6.69. The second kappa shape index (κ2) is 7.62. The van der Waals surface area contributed by atoms with Gasteiger partial charge in [-0.25, -0.2) is 4.79 Å². The summed E-state index contributed by atoms with van der Waals surface area (Å²) in [5, 5.41) is 3.27. The number of esters is 1. The van der Waals surface area contributed by atoms with Crippen molar-refractivity contribution >= 4 is 40.5 Å². The molecule has 0 radical (unpaired) electrons. The fourth-order valence-electron chi connectivity index (χ4n) is 2.02. The summed E-state index contributed by atoms with van der Waals surface area (Å²) in [6.07, 6.45) is -0.0122. The topological polar surface area (TPSA) is 55.4 Å². The number of anilines is 1. The fraction of sp³-hybridized carbons (Fsp3) is 0.294. The Kier molecular flexibility index (Phi) is 5.80. The first-order chi connectivity index (χ1) is 10.9. The van der Waals surface area contributed by atoms with E-state index in [4.69, 9.17) is 16.3 Å². The number of aryl methyl sites for hydroxylation is 2. The third-order valence-electron chi connectivity index (χ3n) is 3.31. The number of carbonyl (C=O) groups is 2. The van der Waals surface area contributed by atoms with E-state index in [0.717, 1.165) is 16.9 Å². The SMILES string of the molecule is CCc1sc(C(=O)O[C@@H](C)C(=O)Nc2ccc(Cl)cc2)cc1C. The van der Waals surface area contributed by atoms with Gasteiger partial charge in [0.15, 0.2) is 6.10 Å². The van der Waals surface area contributed by atoms with Gasteiger partial charge in [0.1, 0.15) is 4.88 Å². The number of nitrogens with one attached hydrogen (secondary N) is 1. The van der Waals surface area contributed by atoms with Crippen LogP contribution in [-0.4, -0.2) is 18.0 Å². The van der Waals surface area contributed by atoms with Crippen molar-refractivity contribution in [2.24, 2.45) is 0 Å². The number of benzene rings is 1. The lowest BCUT2D eigenvalue weighted by molar-refractivity contribution is -0.123. The lowest BCUT2D eigenvalue weighted by atomic mass is 10.2. The normalized spacial score (nSPS) is 11.8.